The molecule has 3 N–H and O–H groups in total. The van der Waals surface area contributed by atoms with Crippen LogP contribution in [0.1, 0.15) is 18.4 Å². The van der Waals surface area contributed by atoms with E-state index < -0.39 is 17.6 Å². The molecule has 28 heavy (non-hydrogen) atoms. The summed E-state index contributed by atoms with van der Waals surface area (Å²) in [4.78, 5) is 10.9. The average Bonchev–Trinajstić information content (AvgIpc) is 3.20. The minimum atomic E-state index is -4.56. The van der Waals surface area contributed by atoms with Crippen LogP contribution in [0.2, 0.25) is 0 Å². The van der Waals surface area contributed by atoms with Gasteiger partial charge in [-0.3, -0.25) is 0 Å². The fourth-order valence-corrected chi connectivity index (χ4v) is 4.90. The first-order chi connectivity index (χ1) is 13.3. The minimum Gasteiger partial charge on any atom is -0.383 e. The van der Waals surface area contributed by atoms with Crippen molar-refractivity contribution in [3.63, 3.8) is 0 Å². The van der Waals surface area contributed by atoms with E-state index in [0.717, 1.165) is 50.2 Å². The van der Waals surface area contributed by atoms with Crippen LogP contribution in [-0.2, 0) is 6.18 Å². The van der Waals surface area contributed by atoms with Crippen molar-refractivity contribution < 1.29 is 13.2 Å². The van der Waals surface area contributed by atoms with Crippen molar-refractivity contribution in [3.05, 3.63) is 24.0 Å². The summed E-state index contributed by atoms with van der Waals surface area (Å²) >= 11 is 1.44. The number of anilines is 2. The number of alkyl halides is 3. The van der Waals surface area contributed by atoms with E-state index in [1.54, 1.807) is 4.52 Å². The molecule has 0 atom stereocenters. The van der Waals surface area contributed by atoms with Crippen molar-refractivity contribution in [1.29, 1.82) is 0 Å². The van der Waals surface area contributed by atoms with E-state index in [1.165, 1.54) is 23.7 Å². The van der Waals surface area contributed by atoms with E-state index in [0.29, 0.717) is 16.1 Å². The molecule has 148 valence electrons. The van der Waals surface area contributed by atoms with Gasteiger partial charge in [0.1, 0.15) is 5.82 Å². The molecular weight excluding hydrogens is 391 g/mol. The predicted octanol–water partition coefficient (Wildman–Crippen LogP) is 2.64. The van der Waals surface area contributed by atoms with Crippen LogP contribution in [0.15, 0.2) is 18.5 Å². The van der Waals surface area contributed by atoms with Crippen LogP contribution >= 0.6 is 11.3 Å². The van der Waals surface area contributed by atoms with E-state index >= 15 is 0 Å². The topological polar surface area (TPSA) is 84.4 Å². The van der Waals surface area contributed by atoms with E-state index in [1.807, 2.05) is 0 Å². The number of hydrogen-bond donors (Lipinski definition) is 2. The van der Waals surface area contributed by atoms with Gasteiger partial charge in [-0.15, -0.1) is 5.10 Å². The summed E-state index contributed by atoms with van der Waals surface area (Å²) in [6, 6.07) is 0.998. The Morgan fingerprint density at radius 2 is 1.89 bits per heavy atom. The molecule has 2 fully saturated rings. The predicted molar refractivity (Wildman–Crippen MR) is 100 cm³/mol. The highest BCUT2D eigenvalue weighted by molar-refractivity contribution is 7.20. The summed E-state index contributed by atoms with van der Waals surface area (Å²) in [6.07, 6.45) is 0.592. The molecule has 0 saturated carbocycles. The summed E-state index contributed by atoms with van der Waals surface area (Å²) < 4.78 is 41.0. The molecule has 0 aromatic carbocycles. The Morgan fingerprint density at radius 3 is 2.61 bits per heavy atom. The van der Waals surface area contributed by atoms with Gasteiger partial charge in [0.15, 0.2) is 0 Å². The fourth-order valence-electron chi connectivity index (χ4n) is 4.02. The molecule has 2 saturated heterocycles. The van der Waals surface area contributed by atoms with Crippen molar-refractivity contribution in [2.45, 2.75) is 19.0 Å². The second kappa shape index (κ2) is 6.05. The zero-order valence-corrected chi connectivity index (χ0v) is 15.6. The van der Waals surface area contributed by atoms with E-state index in [2.05, 4.69) is 25.3 Å². The number of halogens is 3. The van der Waals surface area contributed by atoms with Gasteiger partial charge >= 0.3 is 6.18 Å². The smallest absolute Gasteiger partial charge is 0.383 e. The third-order valence-electron chi connectivity index (χ3n) is 5.58. The Kier molecular flexibility index (Phi) is 3.82. The first kappa shape index (κ1) is 17.7. The number of nitrogen functional groups attached to an aromatic ring is 1. The minimum absolute atomic E-state index is 0.282. The highest BCUT2D eigenvalue weighted by atomic mass is 32.1. The second-order valence-electron chi connectivity index (χ2n) is 7.48. The molecule has 3 aromatic rings. The van der Waals surface area contributed by atoms with E-state index in [-0.39, 0.29) is 5.56 Å². The molecule has 0 radical (unpaired) electrons. The maximum absolute atomic E-state index is 13.2. The molecule has 0 amide bonds. The first-order valence-electron chi connectivity index (χ1n) is 8.98. The number of hydrogen-bond acceptors (Lipinski definition) is 7. The van der Waals surface area contributed by atoms with Gasteiger partial charge in [-0.05, 0) is 32.0 Å². The van der Waals surface area contributed by atoms with Crippen LogP contribution in [0.5, 0.6) is 0 Å². The number of rotatable bonds is 2. The molecule has 2 aliphatic rings. The molecule has 3 aromatic heterocycles. The number of imidazole rings is 1. The van der Waals surface area contributed by atoms with Crippen LogP contribution in [0.3, 0.4) is 0 Å². The number of pyridine rings is 1. The van der Waals surface area contributed by atoms with Gasteiger partial charge < -0.3 is 16.0 Å². The fraction of sp³-hybridized carbons (Fsp3) is 0.471. The molecule has 5 rings (SSSR count). The van der Waals surface area contributed by atoms with Crippen molar-refractivity contribution in [1.82, 2.24) is 24.9 Å². The molecular formula is C17H18F3N7S. The van der Waals surface area contributed by atoms with Gasteiger partial charge in [0.05, 0.1) is 17.5 Å². The molecule has 1 spiro atoms. The maximum atomic E-state index is 13.2. The normalized spacial score (nSPS) is 19.3. The number of fused-ring (bicyclic) bond motifs is 1. The zero-order chi connectivity index (χ0) is 19.5. The van der Waals surface area contributed by atoms with Gasteiger partial charge in [0.2, 0.25) is 10.1 Å². The summed E-state index contributed by atoms with van der Waals surface area (Å²) in [5, 5.41) is 8.83. The van der Waals surface area contributed by atoms with E-state index in [4.69, 9.17) is 5.73 Å². The lowest BCUT2D eigenvalue weighted by Crippen LogP contribution is -2.60. The van der Waals surface area contributed by atoms with Crippen LogP contribution in [0, 0.1) is 5.41 Å². The highest BCUT2D eigenvalue weighted by Crippen LogP contribution is 2.42. The number of nitrogens with zero attached hydrogens (tertiary/aromatic N) is 5. The maximum Gasteiger partial charge on any atom is 0.419 e. The quantitative estimate of drug-likeness (QED) is 0.677. The SMILES string of the molecule is Nc1ncc(-c2cnc3sc(N4CC5(CCNCC5)C4)nn23)cc1C(F)(F)F. The zero-order valence-electron chi connectivity index (χ0n) is 14.8. The lowest BCUT2D eigenvalue weighted by Gasteiger charge is -2.52. The van der Waals surface area contributed by atoms with Crippen LogP contribution in [-0.4, -0.2) is 45.8 Å². The molecule has 2 aliphatic heterocycles. The molecule has 5 heterocycles. The third kappa shape index (κ3) is 2.80. The second-order valence-corrected chi connectivity index (χ2v) is 8.42. The number of nitrogens with one attached hydrogen (secondary N) is 1. The Hall–Kier alpha value is -2.40. The van der Waals surface area contributed by atoms with Crippen LogP contribution in [0.4, 0.5) is 24.1 Å². The largest absolute Gasteiger partial charge is 0.419 e. The summed E-state index contributed by atoms with van der Waals surface area (Å²) in [5.41, 5.74) is 5.56. The van der Waals surface area contributed by atoms with Crippen LogP contribution < -0.4 is 16.0 Å². The highest BCUT2D eigenvalue weighted by Gasteiger charge is 2.44. The van der Waals surface area contributed by atoms with Crippen molar-refractivity contribution in [2.24, 2.45) is 5.41 Å². The molecule has 11 heteroatoms. The molecule has 0 unspecified atom stereocenters. The first-order valence-corrected chi connectivity index (χ1v) is 9.80. The Labute approximate surface area is 162 Å². The Morgan fingerprint density at radius 1 is 1.14 bits per heavy atom. The van der Waals surface area contributed by atoms with Gasteiger partial charge in [0.25, 0.3) is 0 Å². The Balaban J connectivity index is 1.45. The summed E-state index contributed by atoms with van der Waals surface area (Å²) in [5.74, 6) is -0.538. The molecule has 7 nitrogen and oxygen atoms in total. The lowest BCUT2D eigenvalue weighted by atomic mass is 9.73. The van der Waals surface area contributed by atoms with Crippen molar-refractivity contribution >= 4 is 27.2 Å². The van der Waals surface area contributed by atoms with Crippen molar-refractivity contribution in [2.75, 3.05) is 36.8 Å². The average molecular weight is 409 g/mol. The lowest BCUT2D eigenvalue weighted by molar-refractivity contribution is -0.137. The monoisotopic (exact) mass is 409 g/mol. The summed E-state index contributed by atoms with van der Waals surface area (Å²) in [7, 11) is 0. The van der Waals surface area contributed by atoms with Gasteiger partial charge in [-0.25, -0.2) is 14.5 Å². The van der Waals surface area contributed by atoms with Crippen molar-refractivity contribution in [3.8, 4) is 11.3 Å². The third-order valence-corrected chi connectivity index (χ3v) is 6.57. The van der Waals surface area contributed by atoms with Gasteiger partial charge in [0, 0.05) is 30.3 Å². The number of aromatic nitrogens is 4. The van der Waals surface area contributed by atoms with Crippen LogP contribution in [0.25, 0.3) is 16.2 Å². The molecule has 0 bridgehead atoms. The van der Waals surface area contributed by atoms with Gasteiger partial charge in [-0.1, -0.05) is 11.3 Å². The van der Waals surface area contributed by atoms with Gasteiger partial charge in [-0.2, -0.15) is 13.2 Å². The van der Waals surface area contributed by atoms with E-state index in [9.17, 15) is 13.2 Å². The standard InChI is InChI=1S/C17H18F3N7S/c18-17(19,20)11-5-10(6-23-13(11)21)12-7-24-14-27(12)25-15(28-14)26-8-16(9-26)1-3-22-4-2-16/h5-7,22H,1-4,8-9H2,(H2,21,23). The molecule has 0 aliphatic carbocycles. The number of piperidine rings is 1. The Bertz CT molecular complexity index is 1030. The summed E-state index contributed by atoms with van der Waals surface area (Å²) in [6.45, 7) is 4.01. The number of nitrogens with two attached hydrogens (primary N) is 1.